The van der Waals surface area contributed by atoms with Crippen LogP contribution < -0.4 is 5.32 Å². The molecule has 16 heavy (non-hydrogen) atoms. The lowest BCUT2D eigenvalue weighted by Gasteiger charge is -2.16. The molecule has 3 rings (SSSR count). The van der Waals surface area contributed by atoms with Gasteiger partial charge < -0.3 is 5.32 Å². The molecular weight excluding hydrogens is 196 g/mol. The van der Waals surface area contributed by atoms with Crippen molar-refractivity contribution in [2.45, 2.75) is 12.3 Å². The molecule has 2 heterocycles. The number of rotatable bonds is 1. The summed E-state index contributed by atoms with van der Waals surface area (Å²) in [4.78, 5) is 0. The molecule has 0 saturated heterocycles. The average molecular weight is 213 g/mol. The first-order chi connectivity index (χ1) is 7.86. The van der Waals surface area contributed by atoms with Crippen LogP contribution >= 0.6 is 0 Å². The molecule has 1 atom stereocenters. The molecule has 0 aromatic heterocycles. The number of para-hydroxylation sites is 1. The van der Waals surface area contributed by atoms with Crippen LogP contribution in [0, 0.1) is 0 Å². The molecule has 82 valence electrons. The van der Waals surface area contributed by atoms with E-state index in [0.29, 0.717) is 5.92 Å². The van der Waals surface area contributed by atoms with Crippen LogP contribution in [-0.2, 0) is 0 Å². The van der Waals surface area contributed by atoms with Crippen molar-refractivity contribution in [1.29, 1.82) is 0 Å². The third-order valence-corrected chi connectivity index (χ3v) is 3.52. The number of hydrogen-bond acceptors (Lipinski definition) is 1. The summed E-state index contributed by atoms with van der Waals surface area (Å²) < 4.78 is 2.25. The van der Waals surface area contributed by atoms with Crippen molar-refractivity contribution in [3.8, 4) is 0 Å². The Morgan fingerprint density at radius 2 is 2.19 bits per heavy atom. The second-order valence-corrected chi connectivity index (χ2v) is 4.53. The topological polar surface area (TPSA) is 15.0 Å². The lowest BCUT2D eigenvalue weighted by Crippen LogP contribution is -2.22. The van der Waals surface area contributed by atoms with E-state index in [1.165, 1.54) is 17.7 Å². The summed E-state index contributed by atoms with van der Waals surface area (Å²) in [5, 5.41) is 3.37. The maximum atomic E-state index is 3.37. The summed E-state index contributed by atoms with van der Waals surface area (Å²) in [7, 11) is 2.14. The number of fused-ring (bicyclic) bond motifs is 1. The summed E-state index contributed by atoms with van der Waals surface area (Å²) in [6.07, 6.45) is 5.85. The largest absolute Gasteiger partial charge is 0.313 e. The second-order valence-electron chi connectivity index (χ2n) is 4.53. The maximum absolute atomic E-state index is 3.37. The second kappa shape index (κ2) is 3.87. The monoisotopic (exact) mass is 213 g/mol. The van der Waals surface area contributed by atoms with Crippen LogP contribution in [0.15, 0.2) is 35.9 Å². The summed E-state index contributed by atoms with van der Waals surface area (Å²) in [6, 6.07) is 8.71. The summed E-state index contributed by atoms with van der Waals surface area (Å²) in [5.74, 6) is 0.503. The van der Waals surface area contributed by atoms with Gasteiger partial charge in [0.25, 0.3) is 0 Å². The van der Waals surface area contributed by atoms with Crippen LogP contribution in [0.5, 0.6) is 0 Å². The van der Waals surface area contributed by atoms with E-state index in [0.717, 1.165) is 13.1 Å². The van der Waals surface area contributed by atoms with Gasteiger partial charge in [-0.05, 0) is 13.0 Å². The van der Waals surface area contributed by atoms with E-state index >= 15 is 0 Å². The van der Waals surface area contributed by atoms with Crippen molar-refractivity contribution in [3.05, 3.63) is 41.5 Å². The van der Waals surface area contributed by atoms with Gasteiger partial charge in [-0.15, -0.1) is 0 Å². The molecule has 2 aliphatic rings. The van der Waals surface area contributed by atoms with Crippen molar-refractivity contribution in [3.63, 3.8) is 0 Å². The predicted molar refractivity (Wildman–Crippen MR) is 66.7 cm³/mol. The molecule has 0 radical (unpaired) electrons. The van der Waals surface area contributed by atoms with Crippen molar-refractivity contribution < 1.29 is 4.58 Å². The van der Waals surface area contributed by atoms with Crippen molar-refractivity contribution in [2.24, 2.45) is 0 Å². The average Bonchev–Trinajstić information content (AvgIpc) is 2.69. The van der Waals surface area contributed by atoms with Crippen LogP contribution in [0.2, 0.25) is 0 Å². The van der Waals surface area contributed by atoms with Crippen molar-refractivity contribution in [2.75, 3.05) is 20.1 Å². The van der Waals surface area contributed by atoms with E-state index in [9.17, 15) is 0 Å². The highest BCUT2D eigenvalue weighted by Gasteiger charge is 2.30. The molecule has 0 fully saturated rings. The minimum absolute atomic E-state index is 0.503. The fourth-order valence-electron chi connectivity index (χ4n) is 2.67. The summed E-state index contributed by atoms with van der Waals surface area (Å²) >= 11 is 0. The van der Waals surface area contributed by atoms with E-state index in [-0.39, 0.29) is 0 Å². The SMILES string of the molecule is C[N+]1=CC(C2=CCNCC2)c2ccccc21. The lowest BCUT2D eigenvalue weighted by atomic mass is 9.89. The van der Waals surface area contributed by atoms with Crippen LogP contribution in [0.3, 0.4) is 0 Å². The van der Waals surface area contributed by atoms with Crippen molar-refractivity contribution in [1.82, 2.24) is 5.32 Å². The molecule has 0 bridgehead atoms. The first-order valence-electron chi connectivity index (χ1n) is 5.92. The molecule has 0 aliphatic carbocycles. The quantitative estimate of drug-likeness (QED) is 0.557. The van der Waals surface area contributed by atoms with Gasteiger partial charge in [0, 0.05) is 18.2 Å². The smallest absolute Gasteiger partial charge is 0.209 e. The molecule has 2 heteroatoms. The molecule has 1 N–H and O–H groups in total. The molecule has 0 saturated carbocycles. The molecule has 2 aliphatic heterocycles. The highest BCUT2D eigenvalue weighted by atomic mass is 15.0. The normalized spacial score (nSPS) is 23.7. The van der Waals surface area contributed by atoms with E-state index in [4.69, 9.17) is 0 Å². The van der Waals surface area contributed by atoms with Gasteiger partial charge in [0.1, 0.15) is 7.05 Å². The van der Waals surface area contributed by atoms with Gasteiger partial charge in [-0.2, -0.15) is 0 Å². The first kappa shape index (κ1) is 9.79. The maximum Gasteiger partial charge on any atom is 0.209 e. The lowest BCUT2D eigenvalue weighted by molar-refractivity contribution is -0.396. The van der Waals surface area contributed by atoms with Gasteiger partial charge in [0.15, 0.2) is 6.21 Å². The number of nitrogens with zero attached hydrogens (tertiary/aromatic N) is 1. The Labute approximate surface area is 96.3 Å². The molecule has 1 aromatic carbocycles. The predicted octanol–water partition coefficient (Wildman–Crippen LogP) is 2.05. The zero-order valence-corrected chi connectivity index (χ0v) is 9.61. The minimum Gasteiger partial charge on any atom is -0.313 e. The highest BCUT2D eigenvalue weighted by molar-refractivity contribution is 5.76. The molecule has 0 amide bonds. The summed E-state index contributed by atoms with van der Waals surface area (Å²) in [6.45, 7) is 2.13. The molecule has 1 aromatic rings. The Hall–Kier alpha value is -1.41. The third-order valence-electron chi connectivity index (χ3n) is 3.52. The van der Waals surface area contributed by atoms with Crippen LogP contribution in [-0.4, -0.2) is 30.9 Å². The van der Waals surface area contributed by atoms with Crippen molar-refractivity contribution >= 4 is 11.9 Å². The number of nitrogens with one attached hydrogen (secondary N) is 1. The van der Waals surface area contributed by atoms with E-state index in [1.807, 2.05) is 0 Å². The van der Waals surface area contributed by atoms with Crippen LogP contribution in [0.25, 0.3) is 0 Å². The first-order valence-corrected chi connectivity index (χ1v) is 5.92. The Kier molecular flexibility index (Phi) is 2.37. The fourth-order valence-corrected chi connectivity index (χ4v) is 2.67. The molecule has 0 spiro atoms. The summed E-state index contributed by atoms with van der Waals surface area (Å²) in [5.41, 5.74) is 4.38. The standard InChI is InChI=1S/C14H17N2/c1-16-10-13(11-6-8-15-9-7-11)12-4-2-3-5-14(12)16/h2-6,10,13,15H,7-9H2,1H3/q+1. The van der Waals surface area contributed by atoms with E-state index in [1.54, 1.807) is 5.57 Å². The third kappa shape index (κ3) is 1.50. The zero-order chi connectivity index (χ0) is 11.0. The Morgan fingerprint density at radius 1 is 1.31 bits per heavy atom. The Morgan fingerprint density at radius 3 is 3.00 bits per heavy atom. The number of hydrogen-bond donors (Lipinski definition) is 1. The van der Waals surface area contributed by atoms with Gasteiger partial charge in [0.2, 0.25) is 5.69 Å². The Balaban J connectivity index is 2.02. The van der Waals surface area contributed by atoms with E-state index in [2.05, 4.69) is 53.5 Å². The van der Waals surface area contributed by atoms with E-state index < -0.39 is 0 Å². The fraction of sp³-hybridized carbons (Fsp3) is 0.357. The molecule has 1 unspecified atom stereocenters. The highest BCUT2D eigenvalue weighted by Crippen LogP contribution is 2.36. The molecular formula is C14H17N2+. The Bertz CT molecular complexity index is 471. The molecule has 2 nitrogen and oxygen atoms in total. The van der Waals surface area contributed by atoms with Gasteiger partial charge in [0.05, 0.1) is 5.92 Å². The van der Waals surface area contributed by atoms with Gasteiger partial charge in [-0.3, -0.25) is 0 Å². The van der Waals surface area contributed by atoms with Gasteiger partial charge in [-0.1, -0.05) is 29.8 Å². The van der Waals surface area contributed by atoms with Gasteiger partial charge in [-0.25, -0.2) is 4.58 Å². The zero-order valence-electron chi connectivity index (χ0n) is 9.61. The number of benzene rings is 1. The van der Waals surface area contributed by atoms with Crippen LogP contribution in [0.1, 0.15) is 17.9 Å². The minimum atomic E-state index is 0.503. The van der Waals surface area contributed by atoms with Crippen LogP contribution in [0.4, 0.5) is 5.69 Å². The van der Waals surface area contributed by atoms with Gasteiger partial charge >= 0.3 is 0 Å².